The highest BCUT2D eigenvalue weighted by Crippen LogP contribution is 2.39. The number of piperidine rings is 2. The van der Waals surface area contributed by atoms with Gasteiger partial charge in [-0.1, -0.05) is 0 Å². The number of nitrogens with zero attached hydrogens (tertiary/aromatic N) is 4. The molecule has 3 rings (SSSR count). The third-order valence-corrected chi connectivity index (χ3v) is 5.08. The Bertz CT molecular complexity index is 548. The van der Waals surface area contributed by atoms with E-state index in [0.29, 0.717) is 19.6 Å². The first-order chi connectivity index (χ1) is 11.1. The summed E-state index contributed by atoms with van der Waals surface area (Å²) in [6.07, 6.45) is 3.95. The molecular formula is C17H26N4O2. The maximum atomic E-state index is 12.1. The average Bonchev–Trinajstić information content (AvgIpc) is 2.57. The summed E-state index contributed by atoms with van der Waals surface area (Å²) in [6.45, 7) is 6.07. The highest BCUT2D eigenvalue weighted by Gasteiger charge is 2.41. The van der Waals surface area contributed by atoms with Crippen molar-refractivity contribution in [1.29, 1.82) is 0 Å². The van der Waals surface area contributed by atoms with E-state index in [4.69, 9.17) is 4.74 Å². The van der Waals surface area contributed by atoms with Crippen LogP contribution < -0.4 is 4.90 Å². The first kappa shape index (κ1) is 16.2. The topological polar surface area (TPSA) is 58.6 Å². The molecule has 1 aromatic rings. The number of amides is 1. The number of hydrogen-bond donors (Lipinski definition) is 0. The number of carbonyl (C=O) groups excluding carboxylic acids is 1. The molecule has 6 heteroatoms. The summed E-state index contributed by atoms with van der Waals surface area (Å²) in [5.41, 5.74) is 1.13. The molecule has 1 spiro atoms. The Balaban J connectivity index is 1.71. The quantitative estimate of drug-likeness (QED) is 0.845. The number of likely N-dealkylation sites (tertiary alicyclic amines) is 1. The number of ether oxygens (including phenoxy) is 1. The minimum absolute atomic E-state index is 0.187. The lowest BCUT2D eigenvalue weighted by Crippen LogP contribution is -2.54. The molecule has 1 atom stereocenters. The van der Waals surface area contributed by atoms with Crippen LogP contribution in [0.15, 0.2) is 12.1 Å². The molecule has 1 unspecified atom stereocenters. The molecule has 0 aromatic carbocycles. The lowest BCUT2D eigenvalue weighted by molar-refractivity contribution is -0.138. The van der Waals surface area contributed by atoms with Crippen LogP contribution in [0.3, 0.4) is 0 Å². The second-order valence-corrected chi connectivity index (χ2v) is 6.87. The van der Waals surface area contributed by atoms with Crippen molar-refractivity contribution in [2.75, 3.05) is 44.8 Å². The van der Waals surface area contributed by atoms with Gasteiger partial charge in [-0.3, -0.25) is 4.79 Å². The van der Waals surface area contributed by atoms with Gasteiger partial charge in [0.15, 0.2) is 5.82 Å². The number of anilines is 1. The van der Waals surface area contributed by atoms with E-state index in [1.165, 1.54) is 6.42 Å². The van der Waals surface area contributed by atoms with Crippen LogP contribution in [0, 0.1) is 12.3 Å². The van der Waals surface area contributed by atoms with E-state index < -0.39 is 0 Å². The van der Waals surface area contributed by atoms with Crippen LogP contribution >= 0.6 is 0 Å². The molecular weight excluding hydrogens is 292 g/mol. The van der Waals surface area contributed by atoms with Gasteiger partial charge in [0.05, 0.1) is 12.3 Å². The van der Waals surface area contributed by atoms with Crippen molar-refractivity contribution in [2.45, 2.75) is 32.6 Å². The maximum Gasteiger partial charge on any atom is 0.222 e. The third-order valence-electron chi connectivity index (χ3n) is 5.08. The molecule has 2 aliphatic rings. The molecule has 0 saturated carbocycles. The first-order valence-corrected chi connectivity index (χ1v) is 8.44. The fraction of sp³-hybridized carbons (Fsp3) is 0.706. The Morgan fingerprint density at radius 1 is 1.26 bits per heavy atom. The molecule has 0 radical (unpaired) electrons. The fourth-order valence-corrected chi connectivity index (χ4v) is 3.80. The predicted molar refractivity (Wildman–Crippen MR) is 88.3 cm³/mol. The molecule has 0 bridgehead atoms. The first-order valence-electron chi connectivity index (χ1n) is 8.44. The fourth-order valence-electron chi connectivity index (χ4n) is 3.80. The Hall–Kier alpha value is -1.69. The molecule has 2 saturated heterocycles. The van der Waals surface area contributed by atoms with Gasteiger partial charge in [-0.25, -0.2) is 0 Å². The molecule has 2 aliphatic heterocycles. The van der Waals surface area contributed by atoms with Gasteiger partial charge in [-0.2, -0.15) is 5.10 Å². The lowest BCUT2D eigenvalue weighted by atomic mass is 9.73. The number of carbonyl (C=O) groups is 1. The van der Waals surface area contributed by atoms with Gasteiger partial charge in [0.25, 0.3) is 0 Å². The molecule has 6 nitrogen and oxygen atoms in total. The average molecular weight is 318 g/mol. The van der Waals surface area contributed by atoms with Crippen molar-refractivity contribution in [3.8, 4) is 0 Å². The summed E-state index contributed by atoms with van der Waals surface area (Å²) in [5, 5.41) is 8.52. The Morgan fingerprint density at radius 2 is 2.13 bits per heavy atom. The Labute approximate surface area is 137 Å². The number of aryl methyl sites for hydroxylation is 1. The largest absolute Gasteiger partial charge is 0.383 e. The highest BCUT2D eigenvalue weighted by atomic mass is 16.5. The van der Waals surface area contributed by atoms with Gasteiger partial charge in [0.2, 0.25) is 5.91 Å². The molecule has 0 aliphatic carbocycles. The van der Waals surface area contributed by atoms with Gasteiger partial charge in [-0.05, 0) is 38.3 Å². The standard InChI is InChI=1S/C17H26N4O2/c1-14-4-5-15(19-18-14)20-9-3-7-17(12-20)8-6-16(22)21(13-17)10-11-23-2/h4-5H,3,6-13H2,1-2H3. The number of rotatable bonds is 4. The van der Waals surface area contributed by atoms with E-state index in [1.807, 2.05) is 17.9 Å². The predicted octanol–water partition coefficient (Wildman–Crippen LogP) is 1.64. The zero-order valence-corrected chi connectivity index (χ0v) is 14.1. The maximum absolute atomic E-state index is 12.1. The van der Waals surface area contributed by atoms with Gasteiger partial charge in [-0.15, -0.1) is 5.10 Å². The van der Waals surface area contributed by atoms with Crippen LogP contribution in [-0.4, -0.2) is 60.9 Å². The van der Waals surface area contributed by atoms with E-state index in [2.05, 4.69) is 21.2 Å². The van der Waals surface area contributed by atoms with E-state index in [0.717, 1.165) is 44.0 Å². The molecule has 23 heavy (non-hydrogen) atoms. The van der Waals surface area contributed by atoms with Crippen molar-refractivity contribution in [3.63, 3.8) is 0 Å². The van der Waals surface area contributed by atoms with Crippen LogP contribution in [0.4, 0.5) is 5.82 Å². The second kappa shape index (κ2) is 6.83. The minimum atomic E-state index is 0.187. The summed E-state index contributed by atoms with van der Waals surface area (Å²) >= 11 is 0. The van der Waals surface area contributed by atoms with Gasteiger partial charge in [0, 0.05) is 45.1 Å². The van der Waals surface area contributed by atoms with E-state index >= 15 is 0 Å². The number of hydrogen-bond acceptors (Lipinski definition) is 5. The van der Waals surface area contributed by atoms with Crippen molar-refractivity contribution in [3.05, 3.63) is 17.8 Å². The number of aromatic nitrogens is 2. The summed E-state index contributed by atoms with van der Waals surface area (Å²) in [5.74, 6) is 1.22. The van der Waals surface area contributed by atoms with Gasteiger partial charge < -0.3 is 14.5 Å². The van der Waals surface area contributed by atoms with Crippen LogP contribution in [-0.2, 0) is 9.53 Å². The third kappa shape index (κ3) is 3.63. The summed E-state index contributed by atoms with van der Waals surface area (Å²) in [6, 6.07) is 4.07. The van der Waals surface area contributed by atoms with Crippen molar-refractivity contribution >= 4 is 11.7 Å². The zero-order valence-electron chi connectivity index (χ0n) is 14.1. The molecule has 126 valence electrons. The molecule has 0 N–H and O–H groups in total. The van der Waals surface area contributed by atoms with Crippen LogP contribution in [0.1, 0.15) is 31.4 Å². The summed E-state index contributed by atoms with van der Waals surface area (Å²) in [7, 11) is 1.68. The molecule has 1 aromatic heterocycles. The van der Waals surface area contributed by atoms with Crippen LogP contribution in [0.25, 0.3) is 0 Å². The molecule has 2 fully saturated rings. The van der Waals surface area contributed by atoms with E-state index in [1.54, 1.807) is 7.11 Å². The van der Waals surface area contributed by atoms with Gasteiger partial charge >= 0.3 is 0 Å². The Morgan fingerprint density at radius 3 is 2.87 bits per heavy atom. The van der Waals surface area contributed by atoms with Crippen molar-refractivity contribution in [1.82, 2.24) is 15.1 Å². The smallest absolute Gasteiger partial charge is 0.222 e. The normalized spacial score (nSPS) is 25.2. The van der Waals surface area contributed by atoms with Gasteiger partial charge in [0.1, 0.15) is 0 Å². The Kier molecular flexibility index (Phi) is 4.80. The SMILES string of the molecule is COCCN1CC2(CCCN(c3ccc(C)nn3)C2)CCC1=O. The van der Waals surface area contributed by atoms with Crippen molar-refractivity contribution in [2.24, 2.45) is 5.41 Å². The highest BCUT2D eigenvalue weighted by molar-refractivity contribution is 5.77. The zero-order chi connectivity index (χ0) is 16.3. The summed E-state index contributed by atoms with van der Waals surface area (Å²) < 4.78 is 5.15. The monoisotopic (exact) mass is 318 g/mol. The van der Waals surface area contributed by atoms with Crippen LogP contribution in [0.2, 0.25) is 0 Å². The van der Waals surface area contributed by atoms with E-state index in [9.17, 15) is 4.79 Å². The van der Waals surface area contributed by atoms with E-state index in [-0.39, 0.29) is 11.3 Å². The number of methoxy groups -OCH3 is 1. The van der Waals surface area contributed by atoms with Crippen LogP contribution in [0.5, 0.6) is 0 Å². The summed E-state index contributed by atoms with van der Waals surface area (Å²) in [4.78, 5) is 16.5. The molecule has 1 amide bonds. The van der Waals surface area contributed by atoms with Crippen molar-refractivity contribution < 1.29 is 9.53 Å². The minimum Gasteiger partial charge on any atom is -0.383 e. The molecule has 3 heterocycles. The lowest BCUT2D eigenvalue weighted by Gasteiger charge is -2.48. The second-order valence-electron chi connectivity index (χ2n) is 6.87.